The average Bonchev–Trinajstić information content (AvgIpc) is 3.59. The standard InChI is InChI=1S/C25H30N8O7S2/c1-31-5-4-18-19(13-31)41-24(29-18)25(37)33-7-6-32(12-16(33)10-20(34)27-11-22(35)36)42(39,40)21-9-15-8-14(23(26)30-38)2-3-17(15)28-21/h2-3,8-9,16,28,38H,4-7,10-13H2,1H3,(H2,26,30)(H,27,34)(H,35,36). The van der Waals surface area contributed by atoms with Crippen LogP contribution >= 0.6 is 11.3 Å². The third-order valence-corrected chi connectivity index (χ3v) is 10.1. The van der Waals surface area contributed by atoms with Crippen LogP contribution in [0.5, 0.6) is 0 Å². The van der Waals surface area contributed by atoms with Gasteiger partial charge in [-0.15, -0.1) is 11.3 Å². The number of nitrogens with two attached hydrogens (primary N) is 1. The monoisotopic (exact) mass is 618 g/mol. The van der Waals surface area contributed by atoms with Crippen molar-refractivity contribution in [2.45, 2.75) is 30.5 Å². The molecule has 1 atom stereocenters. The number of carboxylic acid groups (broad SMARTS) is 1. The summed E-state index contributed by atoms with van der Waals surface area (Å²) in [4.78, 5) is 49.2. The molecule has 4 heterocycles. The molecule has 2 amide bonds. The molecule has 17 heteroatoms. The predicted molar refractivity (Wildman–Crippen MR) is 152 cm³/mol. The van der Waals surface area contributed by atoms with E-state index in [2.05, 4.69) is 25.3 Å². The number of benzene rings is 1. The number of rotatable bonds is 8. The van der Waals surface area contributed by atoms with Gasteiger partial charge in [0.1, 0.15) is 11.6 Å². The molecule has 224 valence electrons. The number of hydrogen-bond donors (Lipinski definition) is 5. The zero-order chi connectivity index (χ0) is 30.2. The molecule has 0 spiro atoms. The maximum Gasteiger partial charge on any atom is 0.322 e. The fourth-order valence-corrected chi connectivity index (χ4v) is 7.71. The van der Waals surface area contributed by atoms with Gasteiger partial charge < -0.3 is 36.1 Å². The van der Waals surface area contributed by atoms with Crippen molar-refractivity contribution in [1.29, 1.82) is 0 Å². The number of fused-ring (bicyclic) bond motifs is 2. The summed E-state index contributed by atoms with van der Waals surface area (Å²) < 4.78 is 28.6. The van der Waals surface area contributed by atoms with Gasteiger partial charge in [-0.3, -0.25) is 14.4 Å². The summed E-state index contributed by atoms with van der Waals surface area (Å²) in [6.07, 6.45) is 0.419. The maximum atomic E-state index is 13.7. The molecule has 42 heavy (non-hydrogen) atoms. The van der Waals surface area contributed by atoms with E-state index in [0.29, 0.717) is 29.4 Å². The van der Waals surface area contributed by atoms with Crippen LogP contribution in [0.3, 0.4) is 0 Å². The number of carbonyl (C=O) groups is 3. The van der Waals surface area contributed by atoms with E-state index in [4.69, 9.17) is 16.0 Å². The number of aromatic amines is 1. The number of nitrogens with zero attached hydrogens (tertiary/aromatic N) is 5. The summed E-state index contributed by atoms with van der Waals surface area (Å²) in [5, 5.41) is 23.9. The van der Waals surface area contributed by atoms with Crippen LogP contribution in [0.25, 0.3) is 10.9 Å². The second kappa shape index (κ2) is 11.7. The number of aromatic nitrogens is 2. The molecular formula is C25H30N8O7S2. The highest BCUT2D eigenvalue weighted by molar-refractivity contribution is 7.89. The lowest BCUT2D eigenvalue weighted by atomic mass is 10.1. The molecule has 0 bridgehead atoms. The van der Waals surface area contributed by atoms with Crippen LogP contribution in [0.1, 0.15) is 32.4 Å². The Morgan fingerprint density at radius 1 is 1.24 bits per heavy atom. The molecule has 1 unspecified atom stereocenters. The van der Waals surface area contributed by atoms with Gasteiger partial charge in [-0.1, -0.05) is 5.16 Å². The Labute approximate surface area is 244 Å². The van der Waals surface area contributed by atoms with Gasteiger partial charge in [0.2, 0.25) is 5.91 Å². The van der Waals surface area contributed by atoms with Crippen molar-refractivity contribution in [3.63, 3.8) is 0 Å². The SMILES string of the molecule is CN1CCc2nc(C(=O)N3CCN(S(=O)(=O)c4cc5cc(C(N)=NO)ccc5[nH]4)CC3CC(=O)NCC(=O)O)sc2C1. The van der Waals surface area contributed by atoms with Crippen molar-refractivity contribution in [2.24, 2.45) is 10.9 Å². The van der Waals surface area contributed by atoms with E-state index < -0.39 is 40.4 Å². The molecule has 0 saturated carbocycles. The molecule has 0 radical (unpaired) electrons. The van der Waals surface area contributed by atoms with Crippen LogP contribution in [-0.2, 0) is 32.6 Å². The lowest BCUT2D eigenvalue weighted by molar-refractivity contribution is -0.138. The topological polar surface area (TPSA) is 215 Å². The summed E-state index contributed by atoms with van der Waals surface area (Å²) in [6.45, 7) is 0.695. The first-order chi connectivity index (χ1) is 20.0. The van der Waals surface area contributed by atoms with Crippen LogP contribution in [0.4, 0.5) is 0 Å². The maximum absolute atomic E-state index is 13.7. The number of H-pyrrole nitrogens is 1. The zero-order valence-corrected chi connectivity index (χ0v) is 24.2. The third kappa shape index (κ3) is 5.94. The fraction of sp³-hybridized carbons (Fsp3) is 0.400. The number of nitrogens with one attached hydrogen (secondary N) is 2. The van der Waals surface area contributed by atoms with Crippen LogP contribution in [0.2, 0.25) is 0 Å². The average molecular weight is 619 g/mol. The molecule has 2 aromatic heterocycles. The number of amidine groups is 1. The van der Waals surface area contributed by atoms with Crippen LogP contribution in [-0.4, -0.2) is 112 Å². The molecule has 2 aliphatic rings. The van der Waals surface area contributed by atoms with E-state index in [9.17, 15) is 22.8 Å². The smallest absolute Gasteiger partial charge is 0.322 e. The molecule has 5 rings (SSSR count). The van der Waals surface area contributed by atoms with Crippen molar-refractivity contribution >= 4 is 55.9 Å². The highest BCUT2D eigenvalue weighted by Crippen LogP contribution is 2.29. The number of hydrogen-bond acceptors (Lipinski definition) is 10. The summed E-state index contributed by atoms with van der Waals surface area (Å²) in [5.74, 6) is -2.37. The van der Waals surface area contributed by atoms with Gasteiger partial charge in [-0.25, -0.2) is 13.4 Å². The van der Waals surface area contributed by atoms with Gasteiger partial charge in [0.25, 0.3) is 15.9 Å². The lowest BCUT2D eigenvalue weighted by Gasteiger charge is -2.40. The van der Waals surface area contributed by atoms with Gasteiger partial charge in [0, 0.05) is 66.9 Å². The van der Waals surface area contributed by atoms with Crippen LogP contribution in [0, 0.1) is 0 Å². The Balaban J connectivity index is 1.40. The molecule has 1 aromatic carbocycles. The largest absolute Gasteiger partial charge is 0.480 e. The Hall–Kier alpha value is -4.06. The first kappa shape index (κ1) is 29.4. The molecule has 15 nitrogen and oxygen atoms in total. The molecule has 1 fully saturated rings. The number of amides is 2. The minimum absolute atomic E-state index is 0.00691. The number of likely N-dealkylation sites (N-methyl/N-ethyl adjacent to an activating group) is 1. The number of thiazole rings is 1. The van der Waals surface area contributed by atoms with Crippen molar-refractivity contribution in [3.05, 3.63) is 45.4 Å². The molecule has 3 aromatic rings. The number of oxime groups is 1. The summed E-state index contributed by atoms with van der Waals surface area (Å²) in [6, 6.07) is 5.34. The number of piperazine rings is 1. The summed E-state index contributed by atoms with van der Waals surface area (Å²) in [5.41, 5.74) is 7.45. The molecule has 6 N–H and O–H groups in total. The van der Waals surface area contributed by atoms with Gasteiger partial charge in [-0.2, -0.15) is 4.31 Å². The Morgan fingerprint density at radius 3 is 2.76 bits per heavy atom. The number of sulfonamides is 1. The summed E-state index contributed by atoms with van der Waals surface area (Å²) >= 11 is 1.29. The first-order valence-electron chi connectivity index (χ1n) is 13.0. The molecule has 0 aliphatic carbocycles. The van der Waals surface area contributed by atoms with Crippen molar-refractivity contribution in [3.8, 4) is 0 Å². The quantitative estimate of drug-likeness (QED) is 0.0971. The highest BCUT2D eigenvalue weighted by Gasteiger charge is 2.39. The van der Waals surface area contributed by atoms with E-state index >= 15 is 0 Å². The predicted octanol–water partition coefficient (Wildman–Crippen LogP) is -0.187. The van der Waals surface area contributed by atoms with Gasteiger partial charge >= 0.3 is 5.97 Å². The third-order valence-electron chi connectivity index (χ3n) is 7.29. The van der Waals surface area contributed by atoms with Crippen LogP contribution in [0.15, 0.2) is 34.4 Å². The minimum Gasteiger partial charge on any atom is -0.480 e. The van der Waals surface area contributed by atoms with Gasteiger partial charge in [0.15, 0.2) is 10.8 Å². The van der Waals surface area contributed by atoms with Crippen molar-refractivity contribution < 1.29 is 33.1 Å². The van der Waals surface area contributed by atoms with E-state index in [1.54, 1.807) is 18.2 Å². The van der Waals surface area contributed by atoms with Gasteiger partial charge in [0.05, 0.1) is 11.7 Å². The normalized spacial score (nSPS) is 18.6. The van der Waals surface area contributed by atoms with Crippen LogP contribution < -0.4 is 11.1 Å². The highest BCUT2D eigenvalue weighted by atomic mass is 32.2. The zero-order valence-electron chi connectivity index (χ0n) is 22.6. The first-order valence-corrected chi connectivity index (χ1v) is 15.3. The minimum atomic E-state index is -4.09. The molecule has 1 saturated heterocycles. The molecular weight excluding hydrogens is 588 g/mol. The van der Waals surface area contributed by atoms with Crippen molar-refractivity contribution in [2.75, 3.05) is 39.8 Å². The lowest BCUT2D eigenvalue weighted by Crippen LogP contribution is -2.57. The van der Waals surface area contributed by atoms with E-state index in [0.717, 1.165) is 17.1 Å². The van der Waals surface area contributed by atoms with E-state index in [1.165, 1.54) is 26.6 Å². The molecule has 2 aliphatic heterocycles. The van der Waals surface area contributed by atoms with E-state index in [1.807, 2.05) is 7.05 Å². The van der Waals surface area contributed by atoms with E-state index in [-0.39, 0.29) is 41.9 Å². The van der Waals surface area contributed by atoms with Crippen molar-refractivity contribution in [1.82, 2.24) is 29.4 Å². The Kier molecular flexibility index (Phi) is 8.18. The number of carbonyl (C=O) groups excluding carboxylic acids is 2. The second-order valence-electron chi connectivity index (χ2n) is 10.2. The number of carboxylic acids is 1. The fourth-order valence-electron chi connectivity index (χ4n) is 5.09. The van der Waals surface area contributed by atoms with Gasteiger partial charge in [-0.05, 0) is 31.3 Å². The Morgan fingerprint density at radius 2 is 2.02 bits per heavy atom. The second-order valence-corrected chi connectivity index (χ2v) is 13.2. The Bertz CT molecular complexity index is 1680. The summed E-state index contributed by atoms with van der Waals surface area (Å²) in [7, 11) is -2.11. The number of aliphatic carboxylic acids is 1.